The summed E-state index contributed by atoms with van der Waals surface area (Å²) in [6, 6.07) is 7.43. The molecule has 1 aromatic rings. The second-order valence-electron chi connectivity index (χ2n) is 4.52. The van der Waals surface area contributed by atoms with Crippen molar-refractivity contribution >= 4 is 27.9 Å². The van der Waals surface area contributed by atoms with Crippen LogP contribution in [-0.4, -0.2) is 23.7 Å². The Kier molecular flexibility index (Phi) is 7.08. The number of rotatable bonds is 7. The zero-order valence-corrected chi connectivity index (χ0v) is 12.9. The van der Waals surface area contributed by atoms with Crippen molar-refractivity contribution in [3.63, 3.8) is 0 Å². The van der Waals surface area contributed by atoms with Crippen LogP contribution in [0.5, 0.6) is 0 Å². The van der Waals surface area contributed by atoms with Gasteiger partial charge in [0, 0.05) is 17.4 Å². The summed E-state index contributed by atoms with van der Waals surface area (Å²) in [5, 5.41) is 14.0. The number of urea groups is 1. The van der Waals surface area contributed by atoms with Crippen molar-refractivity contribution in [1.82, 2.24) is 10.6 Å². The molecule has 0 aromatic heterocycles. The van der Waals surface area contributed by atoms with E-state index < -0.39 is 5.97 Å². The Labute approximate surface area is 126 Å². The van der Waals surface area contributed by atoms with Crippen LogP contribution in [0.15, 0.2) is 28.7 Å². The fraction of sp³-hybridized carbons (Fsp3) is 0.429. The zero-order valence-electron chi connectivity index (χ0n) is 11.4. The minimum absolute atomic E-state index is 0.0814. The number of carbonyl (C=O) groups is 2. The number of unbranched alkanes of at least 4 members (excludes halogenated alkanes) is 1. The third-order valence-electron chi connectivity index (χ3n) is 2.82. The lowest BCUT2D eigenvalue weighted by Gasteiger charge is -2.15. The molecule has 0 heterocycles. The fourth-order valence-corrected chi connectivity index (χ4v) is 1.95. The molecule has 110 valence electrons. The van der Waals surface area contributed by atoms with Gasteiger partial charge in [0.25, 0.3) is 0 Å². The van der Waals surface area contributed by atoms with Crippen LogP contribution in [0, 0.1) is 0 Å². The molecule has 1 unspecified atom stereocenters. The van der Waals surface area contributed by atoms with Crippen molar-refractivity contribution in [3.8, 4) is 0 Å². The molecule has 2 amide bonds. The number of amides is 2. The molecule has 20 heavy (non-hydrogen) atoms. The average molecular weight is 343 g/mol. The largest absolute Gasteiger partial charge is 0.481 e. The molecule has 0 saturated carbocycles. The molecule has 1 rings (SSSR count). The molecule has 0 fully saturated rings. The maximum Gasteiger partial charge on any atom is 0.315 e. The summed E-state index contributed by atoms with van der Waals surface area (Å²) < 4.78 is 0.997. The van der Waals surface area contributed by atoms with Gasteiger partial charge in [0.1, 0.15) is 0 Å². The molecule has 0 bridgehead atoms. The molecule has 0 aliphatic carbocycles. The number of nitrogens with one attached hydrogen (secondary N) is 2. The standard InChI is InChI=1S/C14H19BrN2O3/c1-10(11-5-7-12(15)8-6-11)17-14(20)16-9-3-2-4-13(18)19/h5-8,10H,2-4,9H2,1H3,(H,18,19)(H2,16,17,20). The molecule has 1 atom stereocenters. The minimum atomic E-state index is -0.807. The summed E-state index contributed by atoms with van der Waals surface area (Å²) in [4.78, 5) is 22.0. The van der Waals surface area contributed by atoms with Gasteiger partial charge >= 0.3 is 12.0 Å². The number of halogens is 1. The van der Waals surface area contributed by atoms with E-state index in [2.05, 4.69) is 26.6 Å². The van der Waals surface area contributed by atoms with Crippen molar-refractivity contribution in [2.75, 3.05) is 6.54 Å². The number of benzene rings is 1. The Morgan fingerprint density at radius 3 is 2.50 bits per heavy atom. The van der Waals surface area contributed by atoms with Crippen molar-refractivity contribution in [1.29, 1.82) is 0 Å². The normalized spacial score (nSPS) is 11.7. The maximum absolute atomic E-state index is 11.6. The van der Waals surface area contributed by atoms with E-state index in [1.54, 1.807) is 0 Å². The van der Waals surface area contributed by atoms with Crippen LogP contribution < -0.4 is 10.6 Å². The van der Waals surface area contributed by atoms with E-state index in [0.29, 0.717) is 19.4 Å². The first kappa shape index (κ1) is 16.5. The van der Waals surface area contributed by atoms with Gasteiger partial charge in [0.15, 0.2) is 0 Å². The highest BCUT2D eigenvalue weighted by Gasteiger charge is 2.08. The van der Waals surface area contributed by atoms with E-state index in [4.69, 9.17) is 5.11 Å². The molecule has 0 aliphatic heterocycles. The highest BCUT2D eigenvalue weighted by atomic mass is 79.9. The smallest absolute Gasteiger partial charge is 0.315 e. The predicted molar refractivity (Wildman–Crippen MR) is 80.6 cm³/mol. The Hall–Kier alpha value is -1.56. The average Bonchev–Trinajstić information content (AvgIpc) is 2.38. The van der Waals surface area contributed by atoms with Gasteiger partial charge in [-0.2, -0.15) is 0 Å². The Bertz CT molecular complexity index is 448. The van der Waals surface area contributed by atoms with Gasteiger partial charge in [-0.25, -0.2) is 4.79 Å². The topological polar surface area (TPSA) is 78.4 Å². The highest BCUT2D eigenvalue weighted by molar-refractivity contribution is 9.10. The summed E-state index contributed by atoms with van der Waals surface area (Å²) in [6.07, 6.45) is 1.36. The van der Waals surface area contributed by atoms with Crippen molar-refractivity contribution in [2.45, 2.75) is 32.2 Å². The van der Waals surface area contributed by atoms with Gasteiger partial charge in [-0.05, 0) is 37.5 Å². The molecular weight excluding hydrogens is 324 g/mol. The third-order valence-corrected chi connectivity index (χ3v) is 3.35. The van der Waals surface area contributed by atoms with E-state index >= 15 is 0 Å². The van der Waals surface area contributed by atoms with E-state index in [-0.39, 0.29) is 18.5 Å². The number of hydrogen-bond donors (Lipinski definition) is 3. The monoisotopic (exact) mass is 342 g/mol. The molecule has 0 aliphatic rings. The van der Waals surface area contributed by atoms with Crippen molar-refractivity contribution in [2.24, 2.45) is 0 Å². The number of carbonyl (C=O) groups excluding carboxylic acids is 1. The van der Waals surface area contributed by atoms with Crippen LogP contribution in [-0.2, 0) is 4.79 Å². The van der Waals surface area contributed by atoms with Crippen LogP contribution in [0.25, 0.3) is 0 Å². The zero-order chi connectivity index (χ0) is 15.0. The van der Waals surface area contributed by atoms with Crippen molar-refractivity contribution < 1.29 is 14.7 Å². The van der Waals surface area contributed by atoms with Crippen LogP contribution >= 0.6 is 15.9 Å². The molecule has 0 saturated heterocycles. The summed E-state index contributed by atoms with van der Waals surface area (Å²) in [7, 11) is 0. The lowest BCUT2D eigenvalue weighted by Crippen LogP contribution is -2.37. The van der Waals surface area contributed by atoms with Crippen LogP contribution in [0.4, 0.5) is 4.79 Å². The second-order valence-corrected chi connectivity index (χ2v) is 5.44. The van der Waals surface area contributed by atoms with Gasteiger partial charge < -0.3 is 15.7 Å². The number of carboxylic acids is 1. The summed E-state index contributed by atoms with van der Waals surface area (Å²) in [5.41, 5.74) is 1.02. The molecule has 1 aromatic carbocycles. The van der Waals surface area contributed by atoms with Crippen molar-refractivity contribution in [3.05, 3.63) is 34.3 Å². The van der Waals surface area contributed by atoms with Gasteiger partial charge in [-0.1, -0.05) is 28.1 Å². The number of hydrogen-bond acceptors (Lipinski definition) is 2. The highest BCUT2D eigenvalue weighted by Crippen LogP contribution is 2.16. The molecule has 0 radical (unpaired) electrons. The molecule has 3 N–H and O–H groups in total. The summed E-state index contributed by atoms with van der Waals surface area (Å²) in [6.45, 7) is 2.39. The van der Waals surface area contributed by atoms with E-state index in [1.165, 1.54) is 0 Å². The van der Waals surface area contributed by atoms with E-state index in [9.17, 15) is 9.59 Å². The lowest BCUT2D eigenvalue weighted by atomic mass is 10.1. The first-order valence-corrected chi connectivity index (χ1v) is 7.30. The molecule has 0 spiro atoms. The summed E-state index contributed by atoms with van der Waals surface area (Å²) in [5.74, 6) is -0.807. The van der Waals surface area contributed by atoms with Crippen LogP contribution in [0.3, 0.4) is 0 Å². The SMILES string of the molecule is CC(NC(=O)NCCCCC(=O)O)c1ccc(Br)cc1. The van der Waals surface area contributed by atoms with Crippen LogP contribution in [0.2, 0.25) is 0 Å². The number of aliphatic carboxylic acids is 1. The van der Waals surface area contributed by atoms with E-state index in [1.807, 2.05) is 31.2 Å². The van der Waals surface area contributed by atoms with Gasteiger partial charge in [-0.3, -0.25) is 4.79 Å². The Balaban J connectivity index is 2.24. The fourth-order valence-electron chi connectivity index (χ4n) is 1.69. The minimum Gasteiger partial charge on any atom is -0.481 e. The Morgan fingerprint density at radius 1 is 1.25 bits per heavy atom. The maximum atomic E-state index is 11.6. The molecular formula is C14H19BrN2O3. The van der Waals surface area contributed by atoms with Gasteiger partial charge in [0.05, 0.1) is 6.04 Å². The van der Waals surface area contributed by atoms with Gasteiger partial charge in [0.2, 0.25) is 0 Å². The summed E-state index contributed by atoms with van der Waals surface area (Å²) >= 11 is 3.36. The second kappa shape index (κ2) is 8.58. The predicted octanol–water partition coefficient (Wildman–Crippen LogP) is 3.06. The quantitative estimate of drug-likeness (QED) is 0.666. The van der Waals surface area contributed by atoms with E-state index in [0.717, 1.165) is 10.0 Å². The molecule has 6 heteroatoms. The first-order chi connectivity index (χ1) is 9.49. The molecule has 5 nitrogen and oxygen atoms in total. The Morgan fingerprint density at radius 2 is 1.90 bits per heavy atom. The number of carboxylic acid groups (broad SMARTS) is 1. The third kappa shape index (κ3) is 6.56. The lowest BCUT2D eigenvalue weighted by molar-refractivity contribution is -0.137. The van der Waals surface area contributed by atoms with Crippen LogP contribution in [0.1, 0.15) is 37.8 Å². The van der Waals surface area contributed by atoms with Gasteiger partial charge in [-0.15, -0.1) is 0 Å². The first-order valence-electron chi connectivity index (χ1n) is 6.50.